The highest BCUT2D eigenvalue weighted by Gasteiger charge is 2.31. The van der Waals surface area contributed by atoms with E-state index in [0.717, 1.165) is 0 Å². The van der Waals surface area contributed by atoms with Gasteiger partial charge in [-0.05, 0) is 42.3 Å². The summed E-state index contributed by atoms with van der Waals surface area (Å²) in [6, 6.07) is 10.1. The molecule has 0 radical (unpaired) electrons. The highest BCUT2D eigenvalue weighted by Crippen LogP contribution is 2.26. The van der Waals surface area contributed by atoms with Crippen molar-refractivity contribution in [3.63, 3.8) is 0 Å². The van der Waals surface area contributed by atoms with Crippen LogP contribution >= 0.6 is 0 Å². The number of hydrogen-bond donors (Lipinski definition) is 3. The molecule has 0 aliphatic rings. The molecule has 0 unspecified atom stereocenters. The third kappa shape index (κ3) is 5.80. The minimum atomic E-state index is -4.77. The number of benzene rings is 2. The first-order valence-corrected chi connectivity index (χ1v) is 8.19. The van der Waals surface area contributed by atoms with E-state index in [4.69, 9.17) is 5.11 Å². The second-order valence-corrected chi connectivity index (χ2v) is 5.97. The first-order valence-electron chi connectivity index (χ1n) is 8.19. The van der Waals surface area contributed by atoms with Crippen LogP contribution in [0.3, 0.4) is 0 Å². The van der Waals surface area contributed by atoms with E-state index in [9.17, 15) is 27.9 Å². The molecule has 0 bridgehead atoms. The molecule has 3 N–H and O–H groups in total. The number of carbonyl (C=O) groups excluding carboxylic acids is 2. The molecule has 2 aromatic rings. The highest BCUT2D eigenvalue weighted by molar-refractivity contribution is 5.98. The summed E-state index contributed by atoms with van der Waals surface area (Å²) >= 11 is 0. The maximum absolute atomic E-state index is 12.2. The topological polar surface area (TPSA) is 95.9 Å². The molecule has 150 valence electrons. The van der Waals surface area contributed by atoms with E-state index in [0.29, 0.717) is 11.1 Å². The van der Waals surface area contributed by atoms with Crippen molar-refractivity contribution in [2.45, 2.75) is 25.4 Å². The normalized spacial score (nSPS) is 13.5. The SMILES string of the molecule is C[C@@H](O)[C@H](NC(=O)c1ccc(-c2ccc(OC(F)(F)F)cc2)cc1)C(=O)CO. The van der Waals surface area contributed by atoms with Gasteiger partial charge in [-0.1, -0.05) is 24.3 Å². The first-order chi connectivity index (χ1) is 13.1. The maximum Gasteiger partial charge on any atom is 0.573 e. The second kappa shape index (κ2) is 8.85. The molecule has 0 saturated heterocycles. The minimum Gasteiger partial charge on any atom is -0.406 e. The van der Waals surface area contributed by atoms with Gasteiger partial charge < -0.3 is 20.3 Å². The number of carbonyl (C=O) groups is 2. The Balaban J connectivity index is 2.10. The van der Waals surface area contributed by atoms with Crippen LogP contribution in [-0.4, -0.2) is 47.0 Å². The van der Waals surface area contributed by atoms with Crippen molar-refractivity contribution >= 4 is 11.7 Å². The van der Waals surface area contributed by atoms with Crippen molar-refractivity contribution in [2.24, 2.45) is 0 Å². The summed E-state index contributed by atoms with van der Waals surface area (Å²) in [5, 5.41) is 20.8. The van der Waals surface area contributed by atoms with E-state index in [-0.39, 0.29) is 11.3 Å². The molecule has 28 heavy (non-hydrogen) atoms. The number of nitrogens with one attached hydrogen (secondary N) is 1. The van der Waals surface area contributed by atoms with Crippen LogP contribution in [0.1, 0.15) is 17.3 Å². The molecule has 2 rings (SSSR count). The Morgan fingerprint density at radius 1 is 1.04 bits per heavy atom. The number of ketones is 1. The number of Topliss-reactive ketones (excluding diaryl/α,β-unsaturated/α-hetero) is 1. The van der Waals surface area contributed by atoms with Crippen LogP contribution in [0.25, 0.3) is 11.1 Å². The maximum atomic E-state index is 12.2. The van der Waals surface area contributed by atoms with E-state index in [1.807, 2.05) is 0 Å². The fraction of sp³-hybridized carbons (Fsp3) is 0.263. The molecule has 0 heterocycles. The van der Waals surface area contributed by atoms with Crippen molar-refractivity contribution in [1.82, 2.24) is 5.32 Å². The molecular weight excluding hydrogens is 379 g/mol. The molecule has 6 nitrogen and oxygen atoms in total. The molecule has 0 saturated carbocycles. The van der Waals surface area contributed by atoms with Gasteiger partial charge in [0, 0.05) is 5.56 Å². The van der Waals surface area contributed by atoms with Gasteiger partial charge in [0.25, 0.3) is 5.91 Å². The quantitative estimate of drug-likeness (QED) is 0.666. The van der Waals surface area contributed by atoms with Gasteiger partial charge in [0.2, 0.25) is 0 Å². The van der Waals surface area contributed by atoms with Crippen LogP contribution < -0.4 is 10.1 Å². The Kier molecular flexibility index (Phi) is 6.76. The molecule has 9 heteroatoms. The number of halogens is 3. The fourth-order valence-electron chi connectivity index (χ4n) is 2.46. The number of ether oxygens (including phenoxy) is 1. The lowest BCUT2D eigenvalue weighted by Gasteiger charge is -2.19. The van der Waals surface area contributed by atoms with Gasteiger partial charge in [-0.2, -0.15) is 0 Å². The van der Waals surface area contributed by atoms with Crippen molar-refractivity contribution in [1.29, 1.82) is 0 Å². The zero-order valence-corrected chi connectivity index (χ0v) is 14.7. The van der Waals surface area contributed by atoms with E-state index >= 15 is 0 Å². The third-order valence-corrected chi connectivity index (χ3v) is 3.84. The summed E-state index contributed by atoms with van der Waals surface area (Å²) in [5.74, 6) is -1.68. The number of alkyl halides is 3. The second-order valence-electron chi connectivity index (χ2n) is 5.97. The summed E-state index contributed by atoms with van der Waals surface area (Å²) in [7, 11) is 0. The van der Waals surface area contributed by atoms with E-state index in [1.165, 1.54) is 43.3 Å². The van der Waals surface area contributed by atoms with Gasteiger partial charge in [0.1, 0.15) is 18.4 Å². The number of hydrogen-bond acceptors (Lipinski definition) is 5. The van der Waals surface area contributed by atoms with Crippen LogP contribution in [0.4, 0.5) is 13.2 Å². The standard InChI is InChI=1S/C19H18F3NO5/c1-11(25)17(16(26)10-24)23-18(27)14-4-2-12(3-5-14)13-6-8-15(9-7-13)28-19(20,21)22/h2-9,11,17,24-25H,10H2,1H3,(H,23,27)/t11-,17+/m1/s1. The fourth-order valence-corrected chi connectivity index (χ4v) is 2.46. The summed E-state index contributed by atoms with van der Waals surface area (Å²) in [5.41, 5.74) is 1.46. The minimum absolute atomic E-state index is 0.206. The smallest absolute Gasteiger partial charge is 0.406 e. The summed E-state index contributed by atoms with van der Waals surface area (Å²) < 4.78 is 40.4. The summed E-state index contributed by atoms with van der Waals surface area (Å²) in [6.07, 6.45) is -5.95. The predicted molar refractivity (Wildman–Crippen MR) is 93.6 cm³/mol. The number of amides is 1. The Bertz CT molecular complexity index is 817. The van der Waals surface area contributed by atoms with E-state index in [2.05, 4.69) is 10.1 Å². The van der Waals surface area contributed by atoms with E-state index in [1.54, 1.807) is 12.1 Å². The summed E-state index contributed by atoms with van der Waals surface area (Å²) in [4.78, 5) is 23.8. The van der Waals surface area contributed by atoms with Crippen LogP contribution in [0.2, 0.25) is 0 Å². The Hall–Kier alpha value is -2.91. The van der Waals surface area contributed by atoms with Gasteiger partial charge in [-0.3, -0.25) is 9.59 Å². The third-order valence-electron chi connectivity index (χ3n) is 3.84. The molecule has 2 aromatic carbocycles. The van der Waals surface area contributed by atoms with Crippen LogP contribution in [0.5, 0.6) is 5.75 Å². The Labute approximate surface area is 158 Å². The molecule has 0 aliphatic heterocycles. The number of aliphatic hydroxyl groups excluding tert-OH is 2. The molecular formula is C19H18F3NO5. The molecule has 0 fully saturated rings. The average Bonchev–Trinajstić information content (AvgIpc) is 2.64. The predicted octanol–water partition coefficient (Wildman–Crippen LogP) is 2.29. The van der Waals surface area contributed by atoms with Crippen LogP contribution in [0, 0.1) is 0 Å². The van der Waals surface area contributed by atoms with Crippen molar-refractivity contribution in [3.8, 4) is 16.9 Å². The van der Waals surface area contributed by atoms with Gasteiger partial charge in [0.05, 0.1) is 6.10 Å². The molecule has 1 amide bonds. The molecule has 0 aliphatic carbocycles. The lowest BCUT2D eigenvalue weighted by molar-refractivity contribution is -0.274. The number of aliphatic hydroxyl groups is 2. The molecule has 0 aromatic heterocycles. The average molecular weight is 397 g/mol. The van der Waals surface area contributed by atoms with Crippen molar-refractivity contribution < 1.29 is 37.7 Å². The van der Waals surface area contributed by atoms with Crippen LogP contribution in [-0.2, 0) is 4.79 Å². The zero-order valence-electron chi connectivity index (χ0n) is 14.7. The van der Waals surface area contributed by atoms with Crippen molar-refractivity contribution in [2.75, 3.05) is 6.61 Å². The van der Waals surface area contributed by atoms with Crippen LogP contribution in [0.15, 0.2) is 48.5 Å². The summed E-state index contributed by atoms with van der Waals surface area (Å²) in [6.45, 7) is 0.497. The van der Waals surface area contributed by atoms with Gasteiger partial charge >= 0.3 is 6.36 Å². The van der Waals surface area contributed by atoms with Crippen molar-refractivity contribution in [3.05, 3.63) is 54.1 Å². The Morgan fingerprint density at radius 3 is 1.96 bits per heavy atom. The highest BCUT2D eigenvalue weighted by atomic mass is 19.4. The molecule has 2 atom stereocenters. The molecule has 0 spiro atoms. The van der Waals surface area contributed by atoms with E-state index < -0.39 is 36.8 Å². The lowest BCUT2D eigenvalue weighted by atomic mass is 10.0. The largest absolute Gasteiger partial charge is 0.573 e. The Morgan fingerprint density at radius 2 is 1.54 bits per heavy atom. The first kappa shape index (κ1) is 21.4. The monoisotopic (exact) mass is 397 g/mol. The van der Waals surface area contributed by atoms with Gasteiger partial charge in [-0.15, -0.1) is 13.2 Å². The lowest BCUT2D eigenvalue weighted by Crippen LogP contribution is -2.48. The number of rotatable bonds is 7. The zero-order chi connectivity index (χ0) is 20.9. The van der Waals surface area contributed by atoms with Gasteiger partial charge in [-0.25, -0.2) is 0 Å². The van der Waals surface area contributed by atoms with Gasteiger partial charge in [0.15, 0.2) is 5.78 Å².